The van der Waals surface area contributed by atoms with Crippen molar-refractivity contribution in [2.24, 2.45) is 0 Å². The molecule has 0 radical (unpaired) electrons. The standard InChI is InChI=1S/C29H37N5O7/c1-12(28(3,4)41-13(2)29(5,6)40-11-10-39-7)34-26(37)20-21(27(34)38)23(33)19-18(22(20)32)24(35)16-14(30)8-9-15(31)17(16)25(19)36/h8-9,12-13H,10-11,30-33H2,1-7H3. The van der Waals surface area contributed by atoms with Crippen molar-refractivity contribution in [1.82, 2.24) is 4.57 Å². The zero-order valence-electron chi connectivity index (χ0n) is 24.3. The van der Waals surface area contributed by atoms with E-state index in [9.17, 15) is 19.2 Å². The molecule has 1 aromatic heterocycles. The van der Waals surface area contributed by atoms with Crippen molar-refractivity contribution in [3.05, 3.63) is 53.3 Å². The molecule has 220 valence electrons. The number of ether oxygens (including phenoxy) is 3. The Morgan fingerprint density at radius 3 is 1.56 bits per heavy atom. The average Bonchev–Trinajstić information content (AvgIpc) is 3.15. The number of aromatic nitrogens is 1. The molecule has 4 aromatic rings. The van der Waals surface area contributed by atoms with E-state index in [4.69, 9.17) is 37.1 Å². The Labute approximate surface area is 235 Å². The van der Waals surface area contributed by atoms with E-state index in [1.54, 1.807) is 27.9 Å². The van der Waals surface area contributed by atoms with Gasteiger partial charge in [0.1, 0.15) is 0 Å². The number of nitrogen functional groups attached to an aromatic ring is 4. The number of hydrogen-bond donors (Lipinski definition) is 4. The van der Waals surface area contributed by atoms with Crippen molar-refractivity contribution in [3.8, 4) is 0 Å². The Hall–Kier alpha value is -4.00. The Morgan fingerprint density at radius 2 is 1.15 bits per heavy atom. The van der Waals surface area contributed by atoms with Gasteiger partial charge in [-0.15, -0.1) is 0 Å². The van der Waals surface area contributed by atoms with Crippen LogP contribution in [0.2, 0.25) is 0 Å². The zero-order valence-corrected chi connectivity index (χ0v) is 24.3. The van der Waals surface area contributed by atoms with E-state index in [0.29, 0.717) is 13.2 Å². The molecule has 12 nitrogen and oxygen atoms in total. The molecular weight excluding hydrogens is 530 g/mol. The molecule has 0 aliphatic carbocycles. The van der Waals surface area contributed by atoms with Gasteiger partial charge in [0.2, 0.25) is 0 Å². The van der Waals surface area contributed by atoms with Crippen LogP contribution in [0, 0.1) is 0 Å². The minimum atomic E-state index is -1.07. The van der Waals surface area contributed by atoms with Crippen LogP contribution in [-0.2, 0) is 14.2 Å². The maximum Gasteiger partial charge on any atom is 0.264 e. The van der Waals surface area contributed by atoms with Gasteiger partial charge < -0.3 is 37.1 Å². The fourth-order valence-corrected chi connectivity index (χ4v) is 5.28. The fraction of sp³-hybridized carbons (Fsp3) is 0.448. The number of hydrogen-bond acceptors (Lipinski definition) is 11. The highest BCUT2D eigenvalue weighted by atomic mass is 16.6. The topological polar surface area (TPSA) is 205 Å². The third-order valence-electron chi connectivity index (χ3n) is 8.24. The molecule has 4 rings (SSSR count). The quantitative estimate of drug-likeness (QED) is 0.0992. The Kier molecular flexibility index (Phi) is 7.40. The molecule has 0 spiro atoms. The number of benzene rings is 3. The van der Waals surface area contributed by atoms with Gasteiger partial charge in [-0.3, -0.25) is 23.7 Å². The highest BCUT2D eigenvalue weighted by molar-refractivity contribution is 6.22. The predicted molar refractivity (Wildman–Crippen MR) is 163 cm³/mol. The van der Waals surface area contributed by atoms with Gasteiger partial charge in [0.15, 0.2) is 10.9 Å². The van der Waals surface area contributed by atoms with Gasteiger partial charge in [0.25, 0.3) is 11.1 Å². The monoisotopic (exact) mass is 567 g/mol. The lowest BCUT2D eigenvalue weighted by atomic mass is 9.95. The summed E-state index contributed by atoms with van der Waals surface area (Å²) in [5.74, 6) is 0. The molecule has 0 bridgehead atoms. The zero-order chi connectivity index (χ0) is 30.8. The number of anilines is 4. The summed E-state index contributed by atoms with van der Waals surface area (Å²) in [6, 6.07) is 1.99. The van der Waals surface area contributed by atoms with E-state index in [1.807, 2.05) is 20.8 Å². The molecule has 0 amide bonds. The molecular formula is C29H37N5O7. The largest absolute Gasteiger partial charge is 0.398 e. The van der Waals surface area contributed by atoms with Crippen LogP contribution in [0.4, 0.5) is 22.7 Å². The normalized spacial score (nSPS) is 14.3. The molecule has 0 aliphatic rings. The third kappa shape index (κ3) is 4.52. The smallest absolute Gasteiger partial charge is 0.264 e. The van der Waals surface area contributed by atoms with Gasteiger partial charge in [0.05, 0.1) is 80.3 Å². The number of nitrogens with zero attached hydrogens (tertiary/aromatic N) is 1. The van der Waals surface area contributed by atoms with E-state index < -0.39 is 45.3 Å². The van der Waals surface area contributed by atoms with Crippen LogP contribution >= 0.6 is 0 Å². The van der Waals surface area contributed by atoms with Gasteiger partial charge in [-0.2, -0.15) is 0 Å². The Balaban J connectivity index is 1.95. The van der Waals surface area contributed by atoms with Crippen LogP contribution in [0.3, 0.4) is 0 Å². The van der Waals surface area contributed by atoms with Gasteiger partial charge in [-0.05, 0) is 53.7 Å². The summed E-state index contributed by atoms with van der Waals surface area (Å²) in [4.78, 5) is 54.8. The van der Waals surface area contributed by atoms with Crippen LogP contribution in [0.5, 0.6) is 0 Å². The van der Waals surface area contributed by atoms with Crippen molar-refractivity contribution >= 4 is 55.1 Å². The van der Waals surface area contributed by atoms with E-state index >= 15 is 0 Å². The summed E-state index contributed by atoms with van der Waals surface area (Å²) < 4.78 is 18.3. The SMILES string of the molecule is COCCOC(C)(C)C(C)OC(C)(C)C(C)n1c(=O)c2c(N)c3c(=O)c4c(N)ccc(N)c4c(=O)c3c(N)c2c1=O. The molecule has 1 heterocycles. The Bertz CT molecular complexity index is 1790. The molecule has 2 unspecified atom stereocenters. The number of nitrogens with two attached hydrogens (primary N) is 4. The summed E-state index contributed by atoms with van der Waals surface area (Å²) in [6.07, 6.45) is -0.459. The summed E-state index contributed by atoms with van der Waals surface area (Å²) in [5.41, 5.74) is 19.5. The molecule has 0 saturated heterocycles. The second-order valence-corrected chi connectivity index (χ2v) is 11.4. The maximum absolute atomic E-state index is 13.8. The number of fused-ring (bicyclic) bond motifs is 3. The third-order valence-corrected chi connectivity index (χ3v) is 8.24. The molecule has 3 aromatic carbocycles. The Morgan fingerprint density at radius 1 is 0.707 bits per heavy atom. The van der Waals surface area contributed by atoms with Gasteiger partial charge >= 0.3 is 0 Å². The average molecular weight is 568 g/mol. The van der Waals surface area contributed by atoms with Crippen LogP contribution in [-0.4, -0.2) is 42.2 Å². The van der Waals surface area contributed by atoms with Crippen molar-refractivity contribution in [1.29, 1.82) is 0 Å². The maximum atomic E-state index is 13.8. The minimum absolute atomic E-state index is 0.0245. The van der Waals surface area contributed by atoms with Crippen LogP contribution in [0.25, 0.3) is 32.3 Å². The van der Waals surface area contributed by atoms with Crippen molar-refractivity contribution in [2.45, 2.75) is 64.9 Å². The molecule has 0 aliphatic heterocycles. The number of rotatable bonds is 9. The van der Waals surface area contributed by atoms with E-state index in [0.717, 1.165) is 4.57 Å². The van der Waals surface area contributed by atoms with Crippen molar-refractivity contribution < 1.29 is 14.2 Å². The summed E-state index contributed by atoms with van der Waals surface area (Å²) >= 11 is 0. The molecule has 8 N–H and O–H groups in total. The van der Waals surface area contributed by atoms with Gasteiger partial charge in [-0.1, -0.05) is 0 Å². The van der Waals surface area contributed by atoms with Crippen molar-refractivity contribution in [3.63, 3.8) is 0 Å². The first-order chi connectivity index (χ1) is 19.0. The molecule has 2 atom stereocenters. The minimum Gasteiger partial charge on any atom is -0.398 e. The number of methoxy groups -OCH3 is 1. The highest BCUT2D eigenvalue weighted by Gasteiger charge is 2.39. The second-order valence-electron chi connectivity index (χ2n) is 11.4. The molecule has 12 heteroatoms. The first-order valence-corrected chi connectivity index (χ1v) is 13.2. The van der Waals surface area contributed by atoms with E-state index in [-0.39, 0.29) is 55.1 Å². The van der Waals surface area contributed by atoms with Gasteiger partial charge in [-0.25, -0.2) is 0 Å². The van der Waals surface area contributed by atoms with E-state index in [2.05, 4.69) is 0 Å². The first kappa shape index (κ1) is 30.0. The summed E-state index contributed by atoms with van der Waals surface area (Å²) in [6.45, 7) is 11.5. The molecule has 41 heavy (non-hydrogen) atoms. The first-order valence-electron chi connectivity index (χ1n) is 13.2. The second kappa shape index (κ2) is 10.1. The lowest BCUT2D eigenvalue weighted by molar-refractivity contribution is -0.180. The van der Waals surface area contributed by atoms with E-state index in [1.165, 1.54) is 12.1 Å². The van der Waals surface area contributed by atoms with Crippen LogP contribution < -0.4 is 44.9 Å². The molecule has 0 saturated carbocycles. The summed E-state index contributed by atoms with van der Waals surface area (Å²) in [7, 11) is 1.58. The predicted octanol–water partition coefficient (Wildman–Crippen LogP) is 1.78. The van der Waals surface area contributed by atoms with Gasteiger partial charge in [0, 0.05) is 18.5 Å². The van der Waals surface area contributed by atoms with Crippen LogP contribution in [0.15, 0.2) is 31.3 Å². The summed E-state index contributed by atoms with van der Waals surface area (Å²) in [5, 5.41) is -1.25. The lowest BCUT2D eigenvalue weighted by Crippen LogP contribution is -2.49. The van der Waals surface area contributed by atoms with Crippen molar-refractivity contribution in [2.75, 3.05) is 43.3 Å². The highest BCUT2D eigenvalue weighted by Crippen LogP contribution is 2.35. The molecule has 0 fully saturated rings. The lowest BCUT2D eigenvalue weighted by Gasteiger charge is -2.40. The van der Waals surface area contributed by atoms with Crippen LogP contribution in [0.1, 0.15) is 47.6 Å². The fourth-order valence-electron chi connectivity index (χ4n) is 5.28.